The van der Waals surface area contributed by atoms with Crippen molar-refractivity contribution in [3.05, 3.63) is 194 Å². The molecule has 0 aliphatic heterocycles. The van der Waals surface area contributed by atoms with Crippen LogP contribution in [0.15, 0.2) is 194 Å². The minimum atomic E-state index is -5.01. The first-order chi connectivity index (χ1) is 53.7. The Bertz CT molecular complexity index is 2850. The average molecular weight is 1570 g/mol. The van der Waals surface area contributed by atoms with Gasteiger partial charge in [0.05, 0.1) is 26.4 Å². The van der Waals surface area contributed by atoms with Crippen LogP contribution in [-0.4, -0.2) is 96.7 Å². The molecule has 17 nitrogen and oxygen atoms in total. The number of carbonyl (C=O) groups excluding carboxylic acids is 4. The van der Waals surface area contributed by atoms with Gasteiger partial charge in [0, 0.05) is 25.7 Å². The largest absolute Gasteiger partial charge is 0.472 e. The predicted octanol–water partition coefficient (Wildman–Crippen LogP) is 24.9. The van der Waals surface area contributed by atoms with E-state index >= 15 is 0 Å². The molecule has 0 aromatic rings. The third-order valence-electron chi connectivity index (χ3n) is 16.5. The second-order valence-electron chi connectivity index (χ2n) is 26.9. The number of phosphoric acid groups is 2. The molecule has 0 aromatic carbocycles. The standard InChI is InChI=1S/C91H146O17P2/c1-5-9-13-17-21-25-29-33-36-39-42-45-48-52-55-59-63-67-71-75-88(93)101-81-86(107-90(95)77-73-69-65-61-57-51-32-28-24-20-16-12-8-4)83-105-109(97,98)103-79-85(92)80-104-110(99,100)106-84-87(108-91(96)78-74-70-66-62-58-54-50-47-44-41-38-35-31-27-23-19-15-11-7-3)82-102-89(94)76-72-68-64-60-56-53-49-46-43-40-37-34-30-26-22-18-14-10-6-2/h9-11,13-16,20-23,25-28,32-38,42-47,53-54,56,58,85-87,92H,5-8,12,17-19,24,29-31,39-41,48-52,55,57,59-84H2,1-4H3,(H,97,98)(H,99,100)/b13-9-,14-10-,15-11-,20-16-,25-21-,26-22-,27-23-,32-28-,36-33-,37-34-,38-35-,45-42-,46-43-,47-44-,56-53-,58-54-. The number of hydrogen-bond donors (Lipinski definition) is 3. The summed E-state index contributed by atoms with van der Waals surface area (Å²) in [5.74, 6) is -2.30. The lowest BCUT2D eigenvalue weighted by molar-refractivity contribution is -0.161. The van der Waals surface area contributed by atoms with Crippen molar-refractivity contribution in [3.63, 3.8) is 0 Å². The fraction of sp³-hybridized carbons (Fsp3) is 0.604. The molecule has 3 N–H and O–H groups in total. The van der Waals surface area contributed by atoms with Crippen LogP contribution in [0.2, 0.25) is 0 Å². The van der Waals surface area contributed by atoms with Crippen LogP contribution in [0, 0.1) is 0 Å². The SMILES string of the molecule is CC/C=C\C/C=C\C/C=C\C/C=C\C/C=C\CCCCCC(=O)OCC(COP(=O)(O)OCC(O)COP(=O)(O)OCC(COC(=O)CCCCCCCC/C=C\C/C=C\C/C=C\C/C=C\CC)OC(=O)CCCCCCC/C=C\C/C=C\CCC)OC(=O)CCCCC/C=C\C/C=C\C/C=C\C/C=C\C/C=C\CC. The van der Waals surface area contributed by atoms with Crippen LogP contribution in [0.3, 0.4) is 0 Å². The van der Waals surface area contributed by atoms with Gasteiger partial charge in [-0.15, -0.1) is 0 Å². The van der Waals surface area contributed by atoms with Crippen molar-refractivity contribution >= 4 is 39.5 Å². The van der Waals surface area contributed by atoms with Crippen molar-refractivity contribution in [2.24, 2.45) is 0 Å². The summed E-state index contributed by atoms with van der Waals surface area (Å²) in [7, 11) is -10.0. The Morgan fingerprint density at radius 3 is 0.736 bits per heavy atom. The van der Waals surface area contributed by atoms with E-state index in [0.29, 0.717) is 25.7 Å². The smallest absolute Gasteiger partial charge is 0.462 e. The number of aliphatic hydroxyl groups is 1. The number of allylic oxidation sites excluding steroid dienone is 32. The van der Waals surface area contributed by atoms with Crippen molar-refractivity contribution in [2.75, 3.05) is 39.6 Å². The van der Waals surface area contributed by atoms with Crippen molar-refractivity contribution in [2.45, 2.75) is 316 Å². The Kier molecular flexibility index (Phi) is 76.4. The van der Waals surface area contributed by atoms with Gasteiger partial charge in [0.25, 0.3) is 0 Å². The number of rotatable bonds is 76. The van der Waals surface area contributed by atoms with E-state index in [0.717, 1.165) is 218 Å². The summed E-state index contributed by atoms with van der Waals surface area (Å²) in [6, 6.07) is 0. The number of phosphoric ester groups is 2. The lowest BCUT2D eigenvalue weighted by Crippen LogP contribution is -2.30. The maximum Gasteiger partial charge on any atom is 0.472 e. The van der Waals surface area contributed by atoms with Gasteiger partial charge in [-0.05, 0) is 180 Å². The van der Waals surface area contributed by atoms with Crippen molar-refractivity contribution < 1.29 is 80.2 Å². The molecule has 0 rings (SSSR count). The van der Waals surface area contributed by atoms with Crippen LogP contribution >= 0.6 is 15.6 Å². The highest BCUT2D eigenvalue weighted by molar-refractivity contribution is 7.47. The first kappa shape index (κ1) is 104. The second kappa shape index (κ2) is 80.9. The minimum Gasteiger partial charge on any atom is -0.462 e. The highest BCUT2D eigenvalue weighted by atomic mass is 31.2. The van der Waals surface area contributed by atoms with E-state index in [1.54, 1.807) is 0 Å². The number of aliphatic hydroxyl groups excluding tert-OH is 1. The van der Waals surface area contributed by atoms with E-state index in [9.17, 15) is 43.2 Å². The van der Waals surface area contributed by atoms with Gasteiger partial charge in [0.2, 0.25) is 0 Å². The summed E-state index contributed by atoms with van der Waals surface area (Å²) in [5, 5.41) is 10.7. The van der Waals surface area contributed by atoms with Crippen LogP contribution in [0.4, 0.5) is 0 Å². The summed E-state index contributed by atoms with van der Waals surface area (Å²) < 4.78 is 68.7. The highest BCUT2D eigenvalue weighted by Crippen LogP contribution is 2.45. The molecule has 622 valence electrons. The molecular formula is C91H146O17P2. The van der Waals surface area contributed by atoms with Gasteiger partial charge in [0.15, 0.2) is 12.2 Å². The van der Waals surface area contributed by atoms with Crippen LogP contribution in [0.25, 0.3) is 0 Å². The summed E-state index contributed by atoms with van der Waals surface area (Å²) in [5.41, 5.74) is 0. The summed E-state index contributed by atoms with van der Waals surface area (Å²) in [6.07, 6.45) is 99.7. The molecule has 5 unspecified atom stereocenters. The van der Waals surface area contributed by atoms with Gasteiger partial charge < -0.3 is 33.8 Å². The molecule has 19 heteroatoms. The lowest BCUT2D eigenvalue weighted by Gasteiger charge is -2.21. The Balaban J connectivity index is 5.47. The molecule has 0 amide bonds. The third-order valence-corrected chi connectivity index (χ3v) is 18.4. The van der Waals surface area contributed by atoms with E-state index in [1.165, 1.54) is 0 Å². The summed E-state index contributed by atoms with van der Waals surface area (Å²) in [6.45, 7) is 4.35. The Morgan fingerprint density at radius 1 is 0.264 bits per heavy atom. The molecule has 0 heterocycles. The number of esters is 4. The molecule has 0 aromatic heterocycles. The van der Waals surface area contributed by atoms with Gasteiger partial charge in [-0.3, -0.25) is 37.3 Å². The van der Waals surface area contributed by atoms with Gasteiger partial charge >= 0.3 is 39.5 Å². The minimum absolute atomic E-state index is 0.0396. The van der Waals surface area contributed by atoms with Crippen molar-refractivity contribution in [1.82, 2.24) is 0 Å². The quantitative estimate of drug-likeness (QED) is 0.0169. The monoisotopic (exact) mass is 1570 g/mol. The molecule has 0 radical (unpaired) electrons. The predicted molar refractivity (Wildman–Crippen MR) is 454 cm³/mol. The van der Waals surface area contributed by atoms with E-state index in [1.807, 2.05) is 0 Å². The maximum absolute atomic E-state index is 13.1. The van der Waals surface area contributed by atoms with Crippen molar-refractivity contribution in [3.8, 4) is 0 Å². The first-order valence-corrected chi connectivity index (χ1v) is 44.7. The number of ether oxygens (including phenoxy) is 4. The molecule has 0 bridgehead atoms. The highest BCUT2D eigenvalue weighted by Gasteiger charge is 2.30. The van der Waals surface area contributed by atoms with Crippen molar-refractivity contribution in [1.29, 1.82) is 0 Å². The normalized spacial score (nSPS) is 14.8. The molecule has 5 atom stereocenters. The fourth-order valence-corrected chi connectivity index (χ4v) is 11.9. The van der Waals surface area contributed by atoms with E-state index in [-0.39, 0.29) is 25.7 Å². The van der Waals surface area contributed by atoms with Crippen LogP contribution in [0.1, 0.15) is 297 Å². The zero-order chi connectivity index (χ0) is 80.3. The van der Waals surface area contributed by atoms with Crippen LogP contribution in [-0.2, 0) is 65.4 Å². The molecule has 0 saturated carbocycles. The zero-order valence-electron chi connectivity index (χ0n) is 68.1. The van der Waals surface area contributed by atoms with Gasteiger partial charge in [0.1, 0.15) is 19.3 Å². The molecule has 0 saturated heterocycles. The van der Waals surface area contributed by atoms with Crippen LogP contribution < -0.4 is 0 Å². The molecule has 0 spiro atoms. The Hall–Kier alpha value is -6.10. The number of unbranched alkanes of at least 4 members (excludes halogenated alkanes) is 18. The molecular weight excluding hydrogens is 1430 g/mol. The molecule has 0 fully saturated rings. The summed E-state index contributed by atoms with van der Waals surface area (Å²) >= 11 is 0. The molecule has 0 aliphatic carbocycles. The van der Waals surface area contributed by atoms with E-state index in [2.05, 4.69) is 222 Å². The first-order valence-electron chi connectivity index (χ1n) is 41.7. The lowest BCUT2D eigenvalue weighted by atomic mass is 10.1. The third kappa shape index (κ3) is 80.0. The number of hydrogen-bond acceptors (Lipinski definition) is 15. The van der Waals surface area contributed by atoms with Crippen LogP contribution in [0.5, 0.6) is 0 Å². The summed E-state index contributed by atoms with van der Waals surface area (Å²) in [4.78, 5) is 73.2. The topological polar surface area (TPSA) is 237 Å². The maximum atomic E-state index is 13.1. The molecule has 110 heavy (non-hydrogen) atoms. The van der Waals surface area contributed by atoms with Gasteiger partial charge in [-0.2, -0.15) is 0 Å². The van der Waals surface area contributed by atoms with E-state index in [4.69, 9.17) is 37.0 Å². The fourth-order valence-electron chi connectivity index (χ4n) is 10.3. The van der Waals surface area contributed by atoms with Gasteiger partial charge in [-0.1, -0.05) is 286 Å². The zero-order valence-corrected chi connectivity index (χ0v) is 69.9. The Morgan fingerprint density at radius 2 is 0.473 bits per heavy atom. The second-order valence-corrected chi connectivity index (χ2v) is 29.8. The average Bonchev–Trinajstić information content (AvgIpc) is 0.900. The Labute approximate surface area is 666 Å². The van der Waals surface area contributed by atoms with Gasteiger partial charge in [-0.25, -0.2) is 9.13 Å². The van der Waals surface area contributed by atoms with E-state index < -0.39 is 97.5 Å². The molecule has 0 aliphatic rings. The number of carbonyl (C=O) groups is 4.